The summed E-state index contributed by atoms with van der Waals surface area (Å²) in [5, 5.41) is 13.1. The number of nitrogens with one attached hydrogen (secondary N) is 3. The maximum absolute atomic E-state index is 13.2. The zero-order valence-electron chi connectivity index (χ0n) is 19.9. The molecule has 0 bridgehead atoms. The molecule has 2 aliphatic heterocycles. The van der Waals surface area contributed by atoms with Gasteiger partial charge in [-0.2, -0.15) is 0 Å². The third kappa shape index (κ3) is 5.13. The summed E-state index contributed by atoms with van der Waals surface area (Å²) in [6.07, 6.45) is 6.16. The van der Waals surface area contributed by atoms with Gasteiger partial charge in [0.1, 0.15) is 5.69 Å². The molecule has 0 unspecified atom stereocenters. The van der Waals surface area contributed by atoms with Crippen LogP contribution in [-0.4, -0.2) is 57.0 Å². The molecule has 8 nitrogen and oxygen atoms in total. The van der Waals surface area contributed by atoms with Crippen LogP contribution in [-0.2, 0) is 13.1 Å². The van der Waals surface area contributed by atoms with Crippen LogP contribution >= 0.6 is 35.3 Å². The van der Waals surface area contributed by atoms with E-state index in [0.29, 0.717) is 15.7 Å². The van der Waals surface area contributed by atoms with E-state index in [1.165, 1.54) is 29.1 Å². The molecule has 6 rings (SSSR count). The van der Waals surface area contributed by atoms with Crippen molar-refractivity contribution in [3.05, 3.63) is 50.6 Å². The Kier molecular flexibility index (Phi) is 7.55. The van der Waals surface area contributed by atoms with Crippen molar-refractivity contribution in [3.63, 3.8) is 0 Å². The predicted octanol–water partition coefficient (Wildman–Crippen LogP) is 4.50. The lowest BCUT2D eigenvalue weighted by Gasteiger charge is -2.41. The molecule has 3 aromatic rings. The second kappa shape index (κ2) is 10.7. The topological polar surface area (TPSA) is 93.4 Å². The number of halogens is 2. The van der Waals surface area contributed by atoms with Crippen molar-refractivity contribution in [1.29, 1.82) is 0 Å². The maximum Gasteiger partial charge on any atom is 0.280 e. The molecule has 1 aromatic carbocycles. The Morgan fingerprint density at radius 1 is 0.972 bits per heavy atom. The first-order chi connectivity index (χ1) is 17.0. The van der Waals surface area contributed by atoms with E-state index in [0.717, 1.165) is 68.5 Å². The normalized spacial score (nSPS) is 22.4. The van der Waals surface area contributed by atoms with E-state index in [4.69, 9.17) is 16.6 Å². The molecule has 2 aromatic heterocycles. The number of carbonyl (C=O) groups excluding carboxylic acids is 2. The lowest BCUT2D eigenvalue weighted by molar-refractivity contribution is -0.0751. The summed E-state index contributed by atoms with van der Waals surface area (Å²) in [4.78, 5) is 35.3. The monoisotopic (exact) mass is 548 g/mol. The molecule has 3 aliphatic rings. The van der Waals surface area contributed by atoms with E-state index in [1.54, 1.807) is 6.07 Å². The number of aromatic nitrogens is 2. The number of rotatable bonds is 4. The number of hydrazine groups is 1. The summed E-state index contributed by atoms with van der Waals surface area (Å²) in [5.74, 6) is -0.303. The standard InChI is InChI=1S/C25H29ClN6O2S.ClH/c26-16-7-8-17-15(11-16)12-20(27-17)23(33)28-18-5-1-2-6-19(18)29-24(34)25-30-21-13-31-9-3-4-10-32(31)14-22(21)35-25;/h7-8,11-12,18-19,27H,1-6,9-10,13-14H2,(H,28,33)(H,29,34);1H/t18-,19+;/m0./s1. The molecule has 192 valence electrons. The first kappa shape index (κ1) is 25.5. The summed E-state index contributed by atoms with van der Waals surface area (Å²) in [6.45, 7) is 3.77. The second-order valence-corrected chi connectivity index (χ2v) is 11.3. The largest absolute Gasteiger partial charge is 0.351 e. The van der Waals surface area contributed by atoms with Gasteiger partial charge in [0.2, 0.25) is 0 Å². The van der Waals surface area contributed by atoms with Gasteiger partial charge in [-0.15, -0.1) is 23.7 Å². The molecule has 2 atom stereocenters. The van der Waals surface area contributed by atoms with Crippen molar-refractivity contribution in [3.8, 4) is 0 Å². The molecule has 0 spiro atoms. The highest BCUT2D eigenvalue weighted by molar-refractivity contribution is 7.13. The number of nitrogens with zero attached hydrogens (tertiary/aromatic N) is 3. The van der Waals surface area contributed by atoms with Gasteiger partial charge in [-0.1, -0.05) is 24.4 Å². The molecule has 1 aliphatic carbocycles. The lowest BCUT2D eigenvalue weighted by Crippen LogP contribution is -2.53. The van der Waals surface area contributed by atoms with Gasteiger partial charge in [0, 0.05) is 52.5 Å². The molecule has 1 saturated carbocycles. The van der Waals surface area contributed by atoms with Crippen LogP contribution in [0.1, 0.15) is 69.4 Å². The fourth-order valence-corrected chi connectivity index (χ4v) is 6.64. The second-order valence-electron chi connectivity index (χ2n) is 9.73. The Morgan fingerprint density at radius 2 is 1.67 bits per heavy atom. The predicted molar refractivity (Wildman–Crippen MR) is 144 cm³/mol. The number of hydrogen-bond acceptors (Lipinski definition) is 6. The van der Waals surface area contributed by atoms with Crippen molar-refractivity contribution < 1.29 is 9.59 Å². The van der Waals surface area contributed by atoms with Crippen LogP contribution in [0, 0.1) is 0 Å². The minimum absolute atomic E-state index is 0. The highest BCUT2D eigenvalue weighted by Gasteiger charge is 2.32. The van der Waals surface area contributed by atoms with Crippen molar-refractivity contribution >= 4 is 58.1 Å². The van der Waals surface area contributed by atoms with Crippen LogP contribution in [0.25, 0.3) is 10.9 Å². The van der Waals surface area contributed by atoms with Crippen LogP contribution < -0.4 is 10.6 Å². The van der Waals surface area contributed by atoms with Gasteiger partial charge in [0.05, 0.1) is 12.2 Å². The molecule has 36 heavy (non-hydrogen) atoms. The van der Waals surface area contributed by atoms with Gasteiger partial charge in [-0.25, -0.2) is 15.0 Å². The molecule has 0 radical (unpaired) electrons. The minimum atomic E-state index is -0.168. The smallest absolute Gasteiger partial charge is 0.280 e. The van der Waals surface area contributed by atoms with Crippen molar-refractivity contribution in [1.82, 2.24) is 30.6 Å². The first-order valence-corrected chi connectivity index (χ1v) is 13.6. The maximum atomic E-state index is 13.2. The van der Waals surface area contributed by atoms with Crippen LogP contribution in [0.2, 0.25) is 5.02 Å². The molecule has 1 saturated heterocycles. The van der Waals surface area contributed by atoms with Gasteiger partial charge in [0.25, 0.3) is 11.8 Å². The van der Waals surface area contributed by atoms with Crippen molar-refractivity contribution in [2.24, 2.45) is 0 Å². The van der Waals surface area contributed by atoms with Crippen LogP contribution in [0.4, 0.5) is 0 Å². The van der Waals surface area contributed by atoms with E-state index in [1.807, 2.05) is 18.2 Å². The summed E-state index contributed by atoms with van der Waals surface area (Å²) in [6, 6.07) is 7.09. The Hall–Kier alpha value is -2.17. The Morgan fingerprint density at radius 3 is 2.42 bits per heavy atom. The Labute approximate surface area is 225 Å². The van der Waals surface area contributed by atoms with E-state index in [9.17, 15) is 9.59 Å². The number of hydrogen-bond donors (Lipinski definition) is 3. The molecule has 11 heteroatoms. The zero-order chi connectivity index (χ0) is 23.9. The van der Waals surface area contributed by atoms with Crippen LogP contribution in [0.15, 0.2) is 24.3 Å². The molecule has 2 fully saturated rings. The zero-order valence-corrected chi connectivity index (χ0v) is 22.3. The van der Waals surface area contributed by atoms with Crippen molar-refractivity contribution in [2.45, 2.75) is 63.7 Å². The molecular weight excluding hydrogens is 519 g/mol. The summed E-state index contributed by atoms with van der Waals surface area (Å²) in [5.41, 5.74) is 2.40. The Balaban J connectivity index is 0.00000267. The number of amides is 2. The van der Waals surface area contributed by atoms with E-state index in [-0.39, 0.29) is 36.3 Å². The minimum Gasteiger partial charge on any atom is -0.351 e. The third-order valence-corrected chi connectivity index (χ3v) is 8.66. The number of thiazole rings is 1. The number of H-pyrrole nitrogens is 1. The van der Waals surface area contributed by atoms with Gasteiger partial charge in [-0.3, -0.25) is 9.59 Å². The van der Waals surface area contributed by atoms with E-state index in [2.05, 4.69) is 25.6 Å². The highest BCUT2D eigenvalue weighted by atomic mass is 35.5. The summed E-state index contributed by atoms with van der Waals surface area (Å²) in [7, 11) is 0. The van der Waals surface area contributed by atoms with Gasteiger partial charge < -0.3 is 15.6 Å². The molecule has 4 heterocycles. The van der Waals surface area contributed by atoms with Gasteiger partial charge in [0.15, 0.2) is 5.01 Å². The number of fused-ring (bicyclic) bond motifs is 3. The SMILES string of the molecule is Cl.O=C(N[C@H]1CCCC[C@H]1NC(=O)c1nc2c(s1)CN1CCCCN1C2)c1cc2cc(Cl)ccc2[nH]1. The van der Waals surface area contributed by atoms with Crippen LogP contribution in [0.3, 0.4) is 0 Å². The average molecular weight is 550 g/mol. The summed E-state index contributed by atoms with van der Waals surface area (Å²) < 4.78 is 0. The van der Waals surface area contributed by atoms with Gasteiger partial charge in [-0.05, 0) is 49.9 Å². The fourth-order valence-electron chi connectivity index (χ4n) is 5.47. The highest BCUT2D eigenvalue weighted by Crippen LogP contribution is 2.30. The fraction of sp³-hybridized carbons (Fsp3) is 0.480. The first-order valence-electron chi connectivity index (χ1n) is 12.4. The summed E-state index contributed by atoms with van der Waals surface area (Å²) >= 11 is 7.59. The number of benzene rings is 1. The number of aromatic amines is 1. The van der Waals surface area contributed by atoms with Gasteiger partial charge >= 0.3 is 0 Å². The van der Waals surface area contributed by atoms with E-state index >= 15 is 0 Å². The Bertz CT molecular complexity index is 1250. The van der Waals surface area contributed by atoms with Crippen molar-refractivity contribution in [2.75, 3.05) is 13.1 Å². The average Bonchev–Trinajstić information content (AvgIpc) is 3.47. The molecular formula is C25H30Cl2N6O2S. The lowest BCUT2D eigenvalue weighted by atomic mass is 9.90. The number of carbonyl (C=O) groups is 2. The molecule has 2 amide bonds. The van der Waals surface area contributed by atoms with E-state index < -0.39 is 0 Å². The van der Waals surface area contributed by atoms with Crippen LogP contribution in [0.5, 0.6) is 0 Å². The third-order valence-electron chi connectivity index (χ3n) is 7.34. The quantitative estimate of drug-likeness (QED) is 0.446. The molecule has 3 N–H and O–H groups in total.